The van der Waals surface area contributed by atoms with Crippen molar-refractivity contribution in [2.45, 2.75) is 62.4 Å². The molecule has 2 rings (SSSR count). The van der Waals surface area contributed by atoms with Crippen LogP contribution in [0.3, 0.4) is 0 Å². The van der Waals surface area contributed by atoms with Gasteiger partial charge in [-0.2, -0.15) is 5.26 Å². The van der Waals surface area contributed by atoms with E-state index in [-0.39, 0.29) is 5.54 Å². The first-order valence-electron chi connectivity index (χ1n) is 7.44. The van der Waals surface area contributed by atoms with Crippen molar-refractivity contribution < 1.29 is 0 Å². The Morgan fingerprint density at radius 1 is 1.35 bits per heavy atom. The lowest BCUT2D eigenvalue weighted by atomic mass is 10.0. The summed E-state index contributed by atoms with van der Waals surface area (Å²) in [5.41, 5.74) is 1.01. The van der Waals surface area contributed by atoms with Gasteiger partial charge in [-0.3, -0.25) is 5.32 Å². The van der Waals surface area contributed by atoms with Gasteiger partial charge in [0.05, 0.1) is 6.07 Å². The van der Waals surface area contributed by atoms with Crippen molar-refractivity contribution in [1.82, 2.24) is 5.32 Å². The molecule has 1 saturated carbocycles. The molecule has 0 aliphatic heterocycles. The Labute approximate surface area is 127 Å². The van der Waals surface area contributed by atoms with E-state index in [1.165, 1.54) is 23.3 Å². The van der Waals surface area contributed by atoms with E-state index in [2.05, 4.69) is 49.5 Å². The van der Waals surface area contributed by atoms with Crippen LogP contribution in [0.25, 0.3) is 0 Å². The summed E-state index contributed by atoms with van der Waals surface area (Å²) < 4.78 is 0. The molecule has 0 radical (unpaired) electrons. The molecular weight excluding hydrogens is 264 g/mol. The lowest BCUT2D eigenvalue weighted by Gasteiger charge is -2.22. The normalized spacial score (nSPS) is 17.8. The highest BCUT2D eigenvalue weighted by atomic mass is 32.2. The van der Waals surface area contributed by atoms with E-state index in [1.807, 2.05) is 18.7 Å². The first kappa shape index (κ1) is 15.4. The minimum Gasteiger partial charge on any atom is -0.297 e. The minimum atomic E-state index is -0.369. The molecule has 0 spiro atoms. The molecular formula is C17H24N2S. The van der Waals surface area contributed by atoms with Crippen molar-refractivity contribution in [3.63, 3.8) is 0 Å². The van der Waals surface area contributed by atoms with E-state index in [1.54, 1.807) is 0 Å². The van der Waals surface area contributed by atoms with Crippen molar-refractivity contribution in [2.24, 2.45) is 0 Å². The zero-order valence-electron chi connectivity index (χ0n) is 12.6. The Kier molecular flexibility index (Phi) is 5.12. The third-order valence-corrected chi connectivity index (χ3v) is 4.78. The Bertz CT molecular complexity index is 471. The quantitative estimate of drug-likeness (QED) is 0.759. The second kappa shape index (κ2) is 6.65. The van der Waals surface area contributed by atoms with Crippen LogP contribution in [0.4, 0.5) is 0 Å². The minimum absolute atomic E-state index is 0.369. The average molecular weight is 288 g/mol. The molecule has 0 aromatic heterocycles. The van der Waals surface area contributed by atoms with E-state index in [9.17, 15) is 5.26 Å². The van der Waals surface area contributed by atoms with Crippen LogP contribution >= 0.6 is 11.8 Å². The molecule has 1 aromatic carbocycles. The Balaban J connectivity index is 1.81. The maximum atomic E-state index is 9.33. The lowest BCUT2D eigenvalue weighted by Crippen LogP contribution is -2.42. The molecule has 20 heavy (non-hydrogen) atoms. The van der Waals surface area contributed by atoms with Gasteiger partial charge in [-0.05, 0) is 49.8 Å². The summed E-state index contributed by atoms with van der Waals surface area (Å²) in [6.07, 6.45) is 3.33. The van der Waals surface area contributed by atoms with Crippen molar-refractivity contribution in [2.75, 3.05) is 5.75 Å². The molecule has 2 nitrogen and oxygen atoms in total. The largest absolute Gasteiger partial charge is 0.297 e. The van der Waals surface area contributed by atoms with Crippen molar-refractivity contribution in [3.8, 4) is 6.07 Å². The SMILES string of the molecule is CC(C)c1ccc(SCCC(C)(C#N)NC2CC2)cc1. The van der Waals surface area contributed by atoms with Crippen LogP contribution in [0.2, 0.25) is 0 Å². The van der Waals surface area contributed by atoms with Gasteiger partial charge in [0.2, 0.25) is 0 Å². The zero-order chi connectivity index (χ0) is 14.6. The second-order valence-corrected chi connectivity index (χ2v) is 7.35. The third-order valence-electron chi connectivity index (χ3n) is 3.76. The van der Waals surface area contributed by atoms with Crippen molar-refractivity contribution >= 4 is 11.8 Å². The topological polar surface area (TPSA) is 35.8 Å². The smallest absolute Gasteiger partial charge is 0.104 e. The molecule has 0 saturated heterocycles. The van der Waals surface area contributed by atoms with Gasteiger partial charge in [-0.25, -0.2) is 0 Å². The van der Waals surface area contributed by atoms with Gasteiger partial charge in [-0.15, -0.1) is 11.8 Å². The molecule has 3 heteroatoms. The van der Waals surface area contributed by atoms with E-state index in [4.69, 9.17) is 0 Å². The van der Waals surface area contributed by atoms with E-state index in [0.29, 0.717) is 12.0 Å². The highest BCUT2D eigenvalue weighted by molar-refractivity contribution is 7.99. The molecule has 0 heterocycles. The molecule has 0 amide bonds. The summed E-state index contributed by atoms with van der Waals surface area (Å²) in [6.45, 7) is 6.45. The van der Waals surface area contributed by atoms with Gasteiger partial charge < -0.3 is 0 Å². The van der Waals surface area contributed by atoms with Gasteiger partial charge in [0.1, 0.15) is 5.54 Å². The van der Waals surface area contributed by atoms with E-state index < -0.39 is 0 Å². The predicted molar refractivity (Wildman–Crippen MR) is 86.0 cm³/mol. The van der Waals surface area contributed by atoms with Crippen LogP contribution in [0.5, 0.6) is 0 Å². The number of nitrogens with zero attached hydrogens (tertiary/aromatic N) is 1. The maximum absolute atomic E-state index is 9.33. The van der Waals surface area contributed by atoms with Crippen molar-refractivity contribution in [1.29, 1.82) is 5.26 Å². The molecule has 108 valence electrons. The number of hydrogen-bond donors (Lipinski definition) is 1. The molecule has 1 aromatic rings. The monoisotopic (exact) mass is 288 g/mol. The number of rotatable bonds is 7. The number of nitriles is 1. The summed E-state index contributed by atoms with van der Waals surface area (Å²) in [5.74, 6) is 1.56. The average Bonchev–Trinajstić information content (AvgIpc) is 3.23. The van der Waals surface area contributed by atoms with Gasteiger partial charge in [-0.1, -0.05) is 26.0 Å². The Morgan fingerprint density at radius 3 is 2.50 bits per heavy atom. The number of nitrogens with one attached hydrogen (secondary N) is 1. The standard InChI is InChI=1S/C17H24N2S/c1-13(2)14-4-8-16(9-5-14)20-11-10-17(3,12-18)19-15-6-7-15/h4-5,8-9,13,15,19H,6-7,10-11H2,1-3H3. The summed E-state index contributed by atoms with van der Waals surface area (Å²) in [4.78, 5) is 1.29. The molecule has 1 aliphatic rings. The molecule has 1 N–H and O–H groups in total. The zero-order valence-corrected chi connectivity index (χ0v) is 13.5. The molecule has 1 unspecified atom stereocenters. The first-order chi connectivity index (χ1) is 9.52. The van der Waals surface area contributed by atoms with Crippen molar-refractivity contribution in [3.05, 3.63) is 29.8 Å². The summed E-state index contributed by atoms with van der Waals surface area (Å²) in [5, 5.41) is 12.8. The molecule has 1 atom stereocenters. The molecule has 1 aliphatic carbocycles. The fourth-order valence-corrected chi connectivity index (χ4v) is 3.24. The summed E-state index contributed by atoms with van der Waals surface area (Å²) in [6, 6.07) is 11.8. The number of hydrogen-bond acceptors (Lipinski definition) is 3. The van der Waals surface area contributed by atoms with Crippen LogP contribution in [-0.2, 0) is 0 Å². The first-order valence-corrected chi connectivity index (χ1v) is 8.43. The van der Waals surface area contributed by atoms with Gasteiger partial charge in [0, 0.05) is 16.7 Å². The lowest BCUT2D eigenvalue weighted by molar-refractivity contribution is 0.434. The van der Waals surface area contributed by atoms with E-state index >= 15 is 0 Å². The fraction of sp³-hybridized carbons (Fsp3) is 0.588. The van der Waals surface area contributed by atoms with Gasteiger partial charge in [0.15, 0.2) is 0 Å². The maximum Gasteiger partial charge on any atom is 0.104 e. The van der Waals surface area contributed by atoms with Crippen LogP contribution in [0.1, 0.15) is 51.5 Å². The van der Waals surface area contributed by atoms with E-state index in [0.717, 1.165) is 12.2 Å². The summed E-state index contributed by atoms with van der Waals surface area (Å²) in [7, 11) is 0. The Morgan fingerprint density at radius 2 is 2.00 bits per heavy atom. The van der Waals surface area contributed by atoms with Crippen LogP contribution in [0.15, 0.2) is 29.2 Å². The van der Waals surface area contributed by atoms with Gasteiger partial charge in [0.25, 0.3) is 0 Å². The van der Waals surface area contributed by atoms with Crippen LogP contribution < -0.4 is 5.32 Å². The number of thioether (sulfide) groups is 1. The summed E-state index contributed by atoms with van der Waals surface area (Å²) >= 11 is 1.84. The third kappa shape index (κ3) is 4.54. The van der Waals surface area contributed by atoms with Crippen LogP contribution in [-0.4, -0.2) is 17.3 Å². The highest BCUT2D eigenvalue weighted by Gasteiger charge is 2.32. The second-order valence-electron chi connectivity index (χ2n) is 6.18. The Hall–Kier alpha value is -0.980. The molecule has 1 fully saturated rings. The fourth-order valence-electron chi connectivity index (χ4n) is 2.16. The molecule has 0 bridgehead atoms. The highest BCUT2D eigenvalue weighted by Crippen LogP contribution is 2.27. The van der Waals surface area contributed by atoms with Gasteiger partial charge >= 0.3 is 0 Å². The van der Waals surface area contributed by atoms with Crippen LogP contribution in [0, 0.1) is 11.3 Å². The predicted octanol–water partition coefficient (Wildman–Crippen LogP) is 4.33. The number of benzene rings is 1.